The van der Waals surface area contributed by atoms with Gasteiger partial charge in [0, 0.05) is 40.2 Å². The summed E-state index contributed by atoms with van der Waals surface area (Å²) >= 11 is 0. The van der Waals surface area contributed by atoms with Crippen LogP contribution in [0.25, 0.3) is 0 Å². The molecule has 2 amide bonds. The molecule has 0 saturated carbocycles. The van der Waals surface area contributed by atoms with Crippen molar-refractivity contribution in [1.82, 2.24) is 5.06 Å². The van der Waals surface area contributed by atoms with Crippen LogP contribution in [0.3, 0.4) is 0 Å². The fourth-order valence-electron chi connectivity index (χ4n) is 4.46. The maximum atomic E-state index is 13.1. The molecule has 0 spiro atoms. The molecule has 1 saturated heterocycles. The van der Waals surface area contributed by atoms with Gasteiger partial charge in [0.1, 0.15) is 0 Å². The Labute approximate surface area is 219 Å². The number of hydrogen-bond acceptors (Lipinski definition) is 11. The number of carbonyl (C=O) groups is 5. The van der Waals surface area contributed by atoms with E-state index >= 15 is 0 Å². The summed E-state index contributed by atoms with van der Waals surface area (Å²) in [6.45, 7) is 6.73. The number of nitrogens with zero attached hydrogens (tertiary/aromatic N) is 1. The number of ether oxygens (including phenoxy) is 2. The third kappa shape index (κ3) is 8.32. The minimum absolute atomic E-state index is 0.0249. The third-order valence-electron chi connectivity index (χ3n) is 6.87. The molecule has 1 fully saturated rings. The number of hydrogen-bond donors (Lipinski definition) is 0. The van der Waals surface area contributed by atoms with Crippen molar-refractivity contribution in [3.63, 3.8) is 0 Å². The van der Waals surface area contributed by atoms with Crippen molar-refractivity contribution in [2.45, 2.75) is 72.3 Å². The quantitative estimate of drug-likeness (QED) is 0.122. The Hall–Kier alpha value is -2.35. The fourth-order valence-corrected chi connectivity index (χ4v) is 6.15. The lowest BCUT2D eigenvalue weighted by atomic mass is 9.68. The predicted molar refractivity (Wildman–Crippen MR) is 131 cm³/mol. The first-order chi connectivity index (χ1) is 17.3. The standard InChI is InChI=1S/C24H41NO11Si/c1-9-23(3,22(30)35-13-10-14-37(32-6,33-7)34-8)16-24(4,21(29)31-5)15-17(2)20(28)36-25-18(26)11-12-19(25)27/h17H,9-16H2,1-8H3. The second-order valence-corrected chi connectivity index (χ2v) is 12.9. The Morgan fingerprint density at radius 2 is 1.49 bits per heavy atom. The van der Waals surface area contributed by atoms with Gasteiger partial charge in [0.15, 0.2) is 0 Å². The van der Waals surface area contributed by atoms with Crippen LogP contribution in [0.15, 0.2) is 0 Å². The molecule has 3 atom stereocenters. The van der Waals surface area contributed by atoms with Crippen LogP contribution in [-0.4, -0.2) is 78.6 Å². The van der Waals surface area contributed by atoms with E-state index in [0.717, 1.165) is 0 Å². The Kier molecular flexibility index (Phi) is 12.3. The smallest absolute Gasteiger partial charge is 0.469 e. The first kappa shape index (κ1) is 32.7. The molecule has 13 heteroatoms. The Morgan fingerprint density at radius 3 is 1.95 bits per heavy atom. The summed E-state index contributed by atoms with van der Waals surface area (Å²) in [4.78, 5) is 67.2. The topological polar surface area (TPSA) is 144 Å². The third-order valence-corrected chi connectivity index (χ3v) is 9.70. The van der Waals surface area contributed by atoms with Crippen molar-refractivity contribution >= 4 is 38.5 Å². The lowest BCUT2D eigenvalue weighted by Gasteiger charge is -2.36. The molecule has 0 aromatic rings. The molecule has 0 N–H and O–H groups in total. The van der Waals surface area contributed by atoms with Crippen LogP contribution < -0.4 is 0 Å². The first-order valence-corrected chi connectivity index (χ1v) is 14.2. The van der Waals surface area contributed by atoms with Crippen LogP contribution in [0.4, 0.5) is 0 Å². The Bertz CT molecular complexity index is 822. The van der Waals surface area contributed by atoms with E-state index < -0.39 is 55.3 Å². The van der Waals surface area contributed by atoms with Gasteiger partial charge in [-0.05, 0) is 39.5 Å². The molecule has 1 heterocycles. The average molecular weight is 548 g/mol. The van der Waals surface area contributed by atoms with Crippen LogP contribution in [-0.2, 0) is 51.6 Å². The van der Waals surface area contributed by atoms with E-state index in [1.54, 1.807) is 20.8 Å². The predicted octanol–water partition coefficient (Wildman–Crippen LogP) is 2.42. The summed E-state index contributed by atoms with van der Waals surface area (Å²) in [6.07, 6.45) is 0.764. The molecule has 0 aromatic carbocycles. The number of amides is 2. The number of hydroxylamine groups is 2. The first-order valence-electron chi connectivity index (χ1n) is 12.3. The van der Waals surface area contributed by atoms with Gasteiger partial charge in [0.25, 0.3) is 11.8 Å². The van der Waals surface area contributed by atoms with Crippen LogP contribution in [0.5, 0.6) is 0 Å². The summed E-state index contributed by atoms with van der Waals surface area (Å²) in [7, 11) is 2.95. The molecule has 212 valence electrons. The van der Waals surface area contributed by atoms with Crippen molar-refractivity contribution in [2.75, 3.05) is 35.0 Å². The maximum absolute atomic E-state index is 13.1. The van der Waals surface area contributed by atoms with Crippen LogP contribution in [0, 0.1) is 16.7 Å². The molecule has 1 aliphatic heterocycles. The van der Waals surface area contributed by atoms with Gasteiger partial charge in [-0.25, -0.2) is 4.79 Å². The minimum Gasteiger partial charge on any atom is -0.469 e. The largest absolute Gasteiger partial charge is 0.500 e. The molecule has 1 aliphatic rings. The second kappa shape index (κ2) is 14.0. The van der Waals surface area contributed by atoms with Crippen LogP contribution in [0.1, 0.15) is 66.2 Å². The fraction of sp³-hybridized carbons (Fsp3) is 0.792. The van der Waals surface area contributed by atoms with E-state index in [9.17, 15) is 24.0 Å². The molecule has 1 rings (SSSR count). The van der Waals surface area contributed by atoms with Crippen molar-refractivity contribution in [2.24, 2.45) is 16.7 Å². The molecule has 37 heavy (non-hydrogen) atoms. The molecule has 0 aromatic heterocycles. The Morgan fingerprint density at radius 1 is 0.946 bits per heavy atom. The summed E-state index contributed by atoms with van der Waals surface area (Å²) < 4.78 is 26.7. The maximum Gasteiger partial charge on any atom is 0.500 e. The van der Waals surface area contributed by atoms with Crippen molar-refractivity contribution in [3.05, 3.63) is 0 Å². The van der Waals surface area contributed by atoms with Crippen LogP contribution in [0.2, 0.25) is 6.04 Å². The molecule has 3 unspecified atom stereocenters. The average Bonchev–Trinajstić information content (AvgIpc) is 3.20. The van der Waals surface area contributed by atoms with Gasteiger partial charge in [-0.1, -0.05) is 13.8 Å². The van der Waals surface area contributed by atoms with Gasteiger partial charge in [-0.3, -0.25) is 19.2 Å². The second-order valence-electron chi connectivity index (χ2n) is 9.78. The summed E-state index contributed by atoms with van der Waals surface area (Å²) in [5.74, 6) is -4.00. The normalized spacial score (nSPS) is 18.1. The van der Waals surface area contributed by atoms with Crippen molar-refractivity contribution in [1.29, 1.82) is 0 Å². The zero-order valence-electron chi connectivity index (χ0n) is 23.2. The number of rotatable bonds is 16. The SMILES string of the molecule is CCC(C)(CC(C)(CC(C)C(=O)ON1C(=O)CCC1=O)C(=O)OC)C(=O)OCCC[Si](OC)(OC)OC. The number of esters is 2. The van der Waals surface area contributed by atoms with E-state index in [0.29, 0.717) is 23.9 Å². The summed E-state index contributed by atoms with van der Waals surface area (Å²) in [5, 5.41) is 0.468. The minimum atomic E-state index is -2.80. The number of carbonyl (C=O) groups excluding carboxylic acids is 5. The molecule has 0 bridgehead atoms. The molecule has 0 radical (unpaired) electrons. The van der Waals surface area contributed by atoms with E-state index in [1.165, 1.54) is 35.4 Å². The molecule has 12 nitrogen and oxygen atoms in total. The summed E-state index contributed by atoms with van der Waals surface area (Å²) in [6, 6.07) is 0.453. The van der Waals surface area contributed by atoms with Crippen LogP contribution >= 0.6 is 0 Å². The highest BCUT2D eigenvalue weighted by Gasteiger charge is 2.47. The highest BCUT2D eigenvalue weighted by Crippen LogP contribution is 2.43. The molecule has 0 aliphatic carbocycles. The van der Waals surface area contributed by atoms with Gasteiger partial charge in [0.2, 0.25) is 0 Å². The zero-order chi connectivity index (χ0) is 28.4. The van der Waals surface area contributed by atoms with E-state index in [-0.39, 0.29) is 32.3 Å². The Balaban J connectivity index is 2.91. The van der Waals surface area contributed by atoms with E-state index in [1.807, 2.05) is 0 Å². The van der Waals surface area contributed by atoms with Crippen molar-refractivity contribution < 1.29 is 51.6 Å². The van der Waals surface area contributed by atoms with Gasteiger partial charge < -0.3 is 27.6 Å². The highest BCUT2D eigenvalue weighted by molar-refractivity contribution is 6.60. The summed E-state index contributed by atoms with van der Waals surface area (Å²) in [5.41, 5.74) is -2.33. The van der Waals surface area contributed by atoms with E-state index in [4.69, 9.17) is 27.6 Å². The van der Waals surface area contributed by atoms with Gasteiger partial charge in [-0.2, -0.15) is 0 Å². The lowest BCUT2D eigenvalue weighted by Crippen LogP contribution is -2.43. The van der Waals surface area contributed by atoms with Crippen molar-refractivity contribution in [3.8, 4) is 0 Å². The lowest BCUT2D eigenvalue weighted by molar-refractivity contribution is -0.201. The highest BCUT2D eigenvalue weighted by atomic mass is 28.4. The van der Waals surface area contributed by atoms with E-state index in [2.05, 4.69) is 0 Å². The molecular weight excluding hydrogens is 506 g/mol. The number of methoxy groups -OCH3 is 1. The van der Waals surface area contributed by atoms with Gasteiger partial charge in [-0.15, -0.1) is 5.06 Å². The van der Waals surface area contributed by atoms with Gasteiger partial charge >= 0.3 is 26.7 Å². The monoisotopic (exact) mass is 547 g/mol. The molecular formula is C24H41NO11Si. The number of imide groups is 1. The zero-order valence-corrected chi connectivity index (χ0v) is 24.2. The van der Waals surface area contributed by atoms with Gasteiger partial charge in [0.05, 0.1) is 30.5 Å².